The van der Waals surface area contributed by atoms with Crippen molar-refractivity contribution >= 4 is 11.7 Å². The van der Waals surface area contributed by atoms with E-state index in [1.807, 2.05) is 23.1 Å². The van der Waals surface area contributed by atoms with Crippen molar-refractivity contribution in [1.82, 2.24) is 14.9 Å². The number of carbonyl (C=O) groups is 1. The van der Waals surface area contributed by atoms with E-state index in [-0.39, 0.29) is 5.91 Å². The molecule has 124 valence electrons. The highest BCUT2D eigenvalue weighted by molar-refractivity contribution is 5.74. The first kappa shape index (κ1) is 15.1. The molecule has 1 aromatic carbocycles. The van der Waals surface area contributed by atoms with Crippen molar-refractivity contribution in [2.24, 2.45) is 0 Å². The summed E-state index contributed by atoms with van der Waals surface area (Å²) in [5.41, 5.74) is 3.29. The van der Waals surface area contributed by atoms with Crippen molar-refractivity contribution in [2.45, 2.75) is 32.7 Å². The second kappa shape index (κ2) is 6.23. The SMILES string of the molecule is CC(=O)N1CCc2nc(-c3ccccc3)nc(N3CCCC3)c2C1. The minimum absolute atomic E-state index is 0.125. The number of fused-ring (bicyclic) bond motifs is 1. The fraction of sp³-hybridized carbons (Fsp3) is 0.421. The van der Waals surface area contributed by atoms with E-state index < -0.39 is 0 Å². The summed E-state index contributed by atoms with van der Waals surface area (Å²) in [6.45, 7) is 5.09. The van der Waals surface area contributed by atoms with Gasteiger partial charge >= 0.3 is 0 Å². The molecule has 2 aliphatic rings. The van der Waals surface area contributed by atoms with Gasteiger partial charge < -0.3 is 9.80 Å². The van der Waals surface area contributed by atoms with Crippen LogP contribution in [0.25, 0.3) is 11.4 Å². The lowest BCUT2D eigenvalue weighted by Gasteiger charge is -2.31. The van der Waals surface area contributed by atoms with Crippen LogP contribution in [0.1, 0.15) is 31.0 Å². The Balaban J connectivity index is 1.80. The first-order chi connectivity index (χ1) is 11.7. The van der Waals surface area contributed by atoms with Crippen LogP contribution in [0.2, 0.25) is 0 Å². The van der Waals surface area contributed by atoms with Crippen molar-refractivity contribution in [3.8, 4) is 11.4 Å². The van der Waals surface area contributed by atoms with Crippen LogP contribution in [0.15, 0.2) is 30.3 Å². The Morgan fingerprint density at radius 1 is 1.04 bits per heavy atom. The Bertz CT molecular complexity index is 753. The van der Waals surface area contributed by atoms with Gasteiger partial charge in [0.2, 0.25) is 5.91 Å². The van der Waals surface area contributed by atoms with Crippen LogP contribution in [-0.2, 0) is 17.8 Å². The van der Waals surface area contributed by atoms with Crippen LogP contribution in [0.3, 0.4) is 0 Å². The Hall–Kier alpha value is -2.43. The summed E-state index contributed by atoms with van der Waals surface area (Å²) in [4.78, 5) is 25.8. The summed E-state index contributed by atoms with van der Waals surface area (Å²) >= 11 is 0. The van der Waals surface area contributed by atoms with Gasteiger partial charge in [-0.2, -0.15) is 0 Å². The second-order valence-electron chi connectivity index (χ2n) is 6.55. The Morgan fingerprint density at radius 2 is 1.79 bits per heavy atom. The third kappa shape index (κ3) is 2.75. The van der Waals surface area contributed by atoms with E-state index in [4.69, 9.17) is 9.97 Å². The van der Waals surface area contributed by atoms with Gasteiger partial charge in [0.1, 0.15) is 5.82 Å². The highest BCUT2D eigenvalue weighted by Gasteiger charge is 2.27. The lowest BCUT2D eigenvalue weighted by molar-refractivity contribution is -0.129. The first-order valence-electron chi connectivity index (χ1n) is 8.68. The van der Waals surface area contributed by atoms with E-state index in [2.05, 4.69) is 17.0 Å². The summed E-state index contributed by atoms with van der Waals surface area (Å²) in [7, 11) is 0. The van der Waals surface area contributed by atoms with Gasteiger partial charge in [-0.3, -0.25) is 4.79 Å². The molecule has 0 bridgehead atoms. The summed E-state index contributed by atoms with van der Waals surface area (Å²) < 4.78 is 0. The van der Waals surface area contributed by atoms with Crippen LogP contribution in [0.4, 0.5) is 5.82 Å². The van der Waals surface area contributed by atoms with Gasteiger partial charge in [0, 0.05) is 44.1 Å². The molecule has 0 radical (unpaired) electrons. The molecule has 1 amide bonds. The maximum Gasteiger partial charge on any atom is 0.219 e. The zero-order chi connectivity index (χ0) is 16.5. The second-order valence-corrected chi connectivity index (χ2v) is 6.55. The van der Waals surface area contributed by atoms with Crippen LogP contribution in [-0.4, -0.2) is 40.4 Å². The number of anilines is 1. The van der Waals surface area contributed by atoms with Crippen LogP contribution in [0, 0.1) is 0 Å². The smallest absolute Gasteiger partial charge is 0.219 e. The molecule has 0 saturated carbocycles. The zero-order valence-corrected chi connectivity index (χ0v) is 14.0. The van der Waals surface area contributed by atoms with Gasteiger partial charge in [0.15, 0.2) is 5.82 Å². The lowest BCUT2D eigenvalue weighted by atomic mass is 10.0. The average Bonchev–Trinajstić information content (AvgIpc) is 3.15. The minimum atomic E-state index is 0.125. The predicted molar refractivity (Wildman–Crippen MR) is 93.7 cm³/mol. The fourth-order valence-electron chi connectivity index (χ4n) is 3.57. The molecular formula is C19H22N4O. The van der Waals surface area contributed by atoms with E-state index in [1.54, 1.807) is 6.92 Å². The van der Waals surface area contributed by atoms with Gasteiger partial charge in [-0.05, 0) is 12.8 Å². The molecule has 3 heterocycles. The molecular weight excluding hydrogens is 300 g/mol. The minimum Gasteiger partial charge on any atom is -0.356 e. The van der Waals surface area contributed by atoms with Crippen molar-refractivity contribution < 1.29 is 4.79 Å². The Kier molecular flexibility index (Phi) is 3.92. The third-order valence-electron chi connectivity index (χ3n) is 4.92. The lowest BCUT2D eigenvalue weighted by Crippen LogP contribution is -2.36. The molecule has 2 aromatic rings. The molecule has 4 rings (SSSR count). The Morgan fingerprint density at radius 3 is 2.50 bits per heavy atom. The van der Waals surface area contributed by atoms with Gasteiger partial charge in [-0.25, -0.2) is 9.97 Å². The number of carbonyl (C=O) groups excluding carboxylic acids is 1. The molecule has 0 N–H and O–H groups in total. The quantitative estimate of drug-likeness (QED) is 0.853. The normalized spacial score (nSPS) is 17.0. The van der Waals surface area contributed by atoms with Gasteiger partial charge in [-0.1, -0.05) is 30.3 Å². The van der Waals surface area contributed by atoms with Crippen LogP contribution < -0.4 is 4.90 Å². The molecule has 5 nitrogen and oxygen atoms in total. The molecule has 1 aromatic heterocycles. The van der Waals surface area contributed by atoms with Crippen molar-refractivity contribution in [2.75, 3.05) is 24.5 Å². The summed E-state index contributed by atoms with van der Waals surface area (Å²) in [5.74, 6) is 1.95. The van der Waals surface area contributed by atoms with Gasteiger partial charge in [0.05, 0.1) is 12.2 Å². The number of amides is 1. The highest BCUT2D eigenvalue weighted by Crippen LogP contribution is 2.31. The summed E-state index contributed by atoms with van der Waals surface area (Å²) in [5, 5.41) is 0. The van der Waals surface area contributed by atoms with E-state index in [0.29, 0.717) is 6.54 Å². The first-order valence-corrected chi connectivity index (χ1v) is 8.68. The molecule has 0 aliphatic carbocycles. The number of hydrogen-bond donors (Lipinski definition) is 0. The molecule has 1 saturated heterocycles. The molecule has 5 heteroatoms. The Labute approximate surface area is 142 Å². The van der Waals surface area contributed by atoms with Crippen molar-refractivity contribution in [3.05, 3.63) is 41.6 Å². The maximum atomic E-state index is 11.8. The topological polar surface area (TPSA) is 49.3 Å². The van der Waals surface area contributed by atoms with Gasteiger partial charge in [0.25, 0.3) is 0 Å². The van der Waals surface area contributed by atoms with E-state index >= 15 is 0 Å². The van der Waals surface area contributed by atoms with Crippen LogP contribution in [0.5, 0.6) is 0 Å². The number of rotatable bonds is 2. The summed E-state index contributed by atoms with van der Waals surface area (Å²) in [6, 6.07) is 10.2. The molecule has 1 fully saturated rings. The highest BCUT2D eigenvalue weighted by atomic mass is 16.2. The summed E-state index contributed by atoms with van der Waals surface area (Å²) in [6.07, 6.45) is 3.21. The van der Waals surface area contributed by atoms with E-state index in [1.165, 1.54) is 12.8 Å². The van der Waals surface area contributed by atoms with Crippen molar-refractivity contribution in [3.63, 3.8) is 0 Å². The van der Waals surface area contributed by atoms with Crippen molar-refractivity contribution in [1.29, 1.82) is 0 Å². The zero-order valence-electron chi connectivity index (χ0n) is 14.0. The molecule has 0 atom stereocenters. The number of benzene rings is 1. The van der Waals surface area contributed by atoms with E-state index in [9.17, 15) is 4.79 Å². The third-order valence-corrected chi connectivity index (χ3v) is 4.92. The largest absolute Gasteiger partial charge is 0.356 e. The fourth-order valence-corrected chi connectivity index (χ4v) is 3.57. The van der Waals surface area contributed by atoms with Gasteiger partial charge in [-0.15, -0.1) is 0 Å². The standard InChI is InChI=1S/C19H22N4O/c1-14(24)23-12-9-17-16(13-23)19(22-10-5-6-11-22)21-18(20-17)15-7-3-2-4-8-15/h2-4,7-8H,5-6,9-13H2,1H3. The molecule has 0 unspecified atom stereocenters. The maximum absolute atomic E-state index is 11.8. The van der Waals surface area contributed by atoms with Crippen LogP contribution >= 0.6 is 0 Å². The monoisotopic (exact) mass is 322 g/mol. The molecule has 24 heavy (non-hydrogen) atoms. The number of nitrogens with zero attached hydrogens (tertiary/aromatic N) is 4. The number of aromatic nitrogens is 2. The number of hydrogen-bond acceptors (Lipinski definition) is 4. The molecule has 2 aliphatic heterocycles. The predicted octanol–water partition coefficient (Wildman–Crippen LogP) is 2.65. The average molecular weight is 322 g/mol. The van der Waals surface area contributed by atoms with E-state index in [0.717, 1.165) is 54.5 Å². The molecule has 0 spiro atoms.